The molecule has 0 bridgehead atoms. The van der Waals surface area contributed by atoms with Gasteiger partial charge in [-0.15, -0.1) is 11.3 Å². The number of ether oxygens (including phenoxy) is 1. The number of esters is 1. The lowest BCUT2D eigenvalue weighted by Crippen LogP contribution is -2.41. The van der Waals surface area contributed by atoms with Gasteiger partial charge in [-0.05, 0) is 42.5 Å². The van der Waals surface area contributed by atoms with E-state index < -0.39 is 24.5 Å². The van der Waals surface area contributed by atoms with E-state index in [4.69, 9.17) is 10.00 Å². The van der Waals surface area contributed by atoms with Crippen molar-refractivity contribution in [2.75, 3.05) is 18.5 Å². The first kappa shape index (κ1) is 18.6. The van der Waals surface area contributed by atoms with Crippen LogP contribution in [0.25, 0.3) is 0 Å². The molecule has 0 aliphatic carbocycles. The highest BCUT2D eigenvalue weighted by atomic mass is 32.1. The molecule has 138 valence electrons. The Labute approximate surface area is 160 Å². The number of carbonyl (C=O) groups excluding carboxylic acids is 3. The second-order valence-electron chi connectivity index (χ2n) is 5.98. The third-order valence-corrected chi connectivity index (χ3v) is 5.00. The van der Waals surface area contributed by atoms with Gasteiger partial charge in [0.05, 0.1) is 16.5 Å². The van der Waals surface area contributed by atoms with Gasteiger partial charge in [0.15, 0.2) is 6.61 Å². The Hall–Kier alpha value is -3.18. The number of amides is 2. The summed E-state index contributed by atoms with van der Waals surface area (Å²) in [6.07, 6.45) is 1.23. The van der Waals surface area contributed by atoms with E-state index in [1.807, 2.05) is 11.4 Å². The third-order valence-electron chi connectivity index (χ3n) is 4.14. The molecule has 1 N–H and O–H groups in total. The van der Waals surface area contributed by atoms with Crippen LogP contribution in [0.5, 0.6) is 0 Å². The Balaban J connectivity index is 1.54. The van der Waals surface area contributed by atoms with Crippen LogP contribution in [0, 0.1) is 11.3 Å². The standard InChI is InChI=1S/C19H17N3O4S/c20-11-13-4-1-5-14(10-13)21-17(23)12-26-19(25)15-6-2-8-22(15)18(24)16-7-3-9-27-16/h1,3-5,7,9-10,15H,2,6,8,12H2,(H,21,23). The molecule has 0 spiro atoms. The lowest BCUT2D eigenvalue weighted by atomic mass is 10.2. The number of nitrogens with one attached hydrogen (secondary N) is 1. The fourth-order valence-corrected chi connectivity index (χ4v) is 3.57. The SMILES string of the molecule is N#Cc1cccc(NC(=O)COC(=O)C2CCCN2C(=O)c2cccs2)c1. The molecule has 1 aromatic heterocycles. The summed E-state index contributed by atoms with van der Waals surface area (Å²) < 4.78 is 5.11. The summed E-state index contributed by atoms with van der Waals surface area (Å²) >= 11 is 1.32. The number of benzene rings is 1. The minimum atomic E-state index is -0.672. The molecular weight excluding hydrogens is 366 g/mol. The van der Waals surface area contributed by atoms with Crippen LogP contribution in [0.3, 0.4) is 0 Å². The summed E-state index contributed by atoms with van der Waals surface area (Å²) in [4.78, 5) is 38.9. The minimum Gasteiger partial charge on any atom is -0.454 e. The van der Waals surface area contributed by atoms with Crippen molar-refractivity contribution in [2.45, 2.75) is 18.9 Å². The topological polar surface area (TPSA) is 99.5 Å². The van der Waals surface area contributed by atoms with E-state index in [1.165, 1.54) is 22.3 Å². The van der Waals surface area contributed by atoms with Crippen LogP contribution in [0.1, 0.15) is 28.1 Å². The number of nitriles is 1. The van der Waals surface area contributed by atoms with Crippen LogP contribution in [0.2, 0.25) is 0 Å². The molecule has 1 saturated heterocycles. The van der Waals surface area contributed by atoms with Gasteiger partial charge >= 0.3 is 5.97 Å². The number of thiophene rings is 1. The van der Waals surface area contributed by atoms with E-state index in [9.17, 15) is 14.4 Å². The van der Waals surface area contributed by atoms with Crippen LogP contribution in [0.4, 0.5) is 5.69 Å². The lowest BCUT2D eigenvalue weighted by Gasteiger charge is -2.22. The van der Waals surface area contributed by atoms with E-state index in [1.54, 1.807) is 30.3 Å². The van der Waals surface area contributed by atoms with E-state index >= 15 is 0 Å². The molecule has 0 saturated carbocycles. The normalized spacial score (nSPS) is 15.8. The first-order valence-electron chi connectivity index (χ1n) is 8.39. The molecule has 1 fully saturated rings. The number of hydrogen-bond donors (Lipinski definition) is 1. The fourth-order valence-electron chi connectivity index (χ4n) is 2.89. The van der Waals surface area contributed by atoms with Crippen molar-refractivity contribution in [3.63, 3.8) is 0 Å². The van der Waals surface area contributed by atoms with Crippen molar-refractivity contribution in [3.8, 4) is 6.07 Å². The van der Waals surface area contributed by atoms with Crippen LogP contribution in [-0.4, -0.2) is 41.9 Å². The van der Waals surface area contributed by atoms with Gasteiger partial charge in [-0.3, -0.25) is 9.59 Å². The monoisotopic (exact) mass is 383 g/mol. The van der Waals surface area contributed by atoms with Gasteiger partial charge in [-0.25, -0.2) is 4.79 Å². The first-order chi connectivity index (χ1) is 13.1. The minimum absolute atomic E-state index is 0.192. The zero-order valence-corrected chi connectivity index (χ0v) is 15.2. The highest BCUT2D eigenvalue weighted by Gasteiger charge is 2.36. The van der Waals surface area contributed by atoms with E-state index in [-0.39, 0.29) is 5.91 Å². The van der Waals surface area contributed by atoms with Crippen molar-refractivity contribution >= 4 is 34.8 Å². The van der Waals surface area contributed by atoms with Gasteiger partial charge in [0, 0.05) is 12.2 Å². The van der Waals surface area contributed by atoms with Crippen molar-refractivity contribution in [2.24, 2.45) is 0 Å². The molecule has 1 unspecified atom stereocenters. The highest BCUT2D eigenvalue weighted by molar-refractivity contribution is 7.12. The van der Waals surface area contributed by atoms with Gasteiger partial charge in [0.1, 0.15) is 6.04 Å². The quantitative estimate of drug-likeness (QED) is 0.799. The molecule has 3 rings (SSSR count). The molecule has 1 aliphatic heterocycles. The molecule has 27 heavy (non-hydrogen) atoms. The third kappa shape index (κ3) is 4.51. The number of anilines is 1. The summed E-state index contributed by atoms with van der Waals surface area (Å²) in [5, 5.41) is 13.2. The van der Waals surface area contributed by atoms with Gasteiger partial charge in [0.25, 0.3) is 11.8 Å². The number of rotatable bonds is 5. The summed E-state index contributed by atoms with van der Waals surface area (Å²) in [5.74, 6) is -1.28. The van der Waals surface area contributed by atoms with Gasteiger partial charge in [-0.2, -0.15) is 5.26 Å². The Morgan fingerprint density at radius 1 is 1.30 bits per heavy atom. The maximum Gasteiger partial charge on any atom is 0.329 e. The summed E-state index contributed by atoms with van der Waals surface area (Å²) in [5.41, 5.74) is 0.865. The van der Waals surface area contributed by atoms with Crippen molar-refractivity contribution in [3.05, 3.63) is 52.2 Å². The zero-order valence-electron chi connectivity index (χ0n) is 14.4. The molecular formula is C19H17N3O4S. The number of hydrogen-bond acceptors (Lipinski definition) is 6. The molecule has 1 atom stereocenters. The zero-order chi connectivity index (χ0) is 19.2. The molecule has 8 heteroatoms. The number of likely N-dealkylation sites (tertiary alicyclic amines) is 1. The molecule has 2 heterocycles. The van der Waals surface area contributed by atoms with Crippen molar-refractivity contribution in [1.29, 1.82) is 5.26 Å². The van der Waals surface area contributed by atoms with Crippen LogP contribution >= 0.6 is 11.3 Å². The van der Waals surface area contributed by atoms with E-state index in [0.29, 0.717) is 35.5 Å². The molecule has 2 aromatic rings. The van der Waals surface area contributed by atoms with Crippen molar-refractivity contribution in [1.82, 2.24) is 4.90 Å². The Bertz CT molecular complexity index is 889. The first-order valence-corrected chi connectivity index (χ1v) is 9.27. The van der Waals surface area contributed by atoms with Gasteiger partial charge < -0.3 is 15.0 Å². The second-order valence-corrected chi connectivity index (χ2v) is 6.93. The van der Waals surface area contributed by atoms with Crippen LogP contribution in [-0.2, 0) is 14.3 Å². The molecule has 0 radical (unpaired) electrons. The second kappa shape index (κ2) is 8.47. The molecule has 1 aliphatic rings. The van der Waals surface area contributed by atoms with Crippen molar-refractivity contribution < 1.29 is 19.1 Å². The van der Waals surface area contributed by atoms with E-state index in [0.717, 1.165) is 0 Å². The van der Waals surface area contributed by atoms with Crippen LogP contribution < -0.4 is 5.32 Å². The number of carbonyl (C=O) groups is 3. The van der Waals surface area contributed by atoms with E-state index in [2.05, 4.69) is 5.32 Å². The molecule has 1 aromatic carbocycles. The predicted octanol–water partition coefficient (Wildman–Crippen LogP) is 2.41. The average molecular weight is 383 g/mol. The highest BCUT2D eigenvalue weighted by Crippen LogP contribution is 2.23. The summed E-state index contributed by atoms with van der Waals surface area (Å²) in [7, 11) is 0. The van der Waals surface area contributed by atoms with Crippen LogP contribution in [0.15, 0.2) is 41.8 Å². The Morgan fingerprint density at radius 2 is 2.15 bits per heavy atom. The fraction of sp³-hybridized carbons (Fsp3) is 0.263. The largest absolute Gasteiger partial charge is 0.454 e. The van der Waals surface area contributed by atoms with Gasteiger partial charge in [0.2, 0.25) is 0 Å². The number of nitrogens with zero attached hydrogens (tertiary/aromatic N) is 2. The smallest absolute Gasteiger partial charge is 0.329 e. The molecule has 7 nitrogen and oxygen atoms in total. The Morgan fingerprint density at radius 3 is 2.89 bits per heavy atom. The molecule has 2 amide bonds. The maximum absolute atomic E-state index is 12.5. The lowest BCUT2D eigenvalue weighted by molar-refractivity contribution is -0.151. The Kier molecular flexibility index (Phi) is 5.84. The van der Waals surface area contributed by atoms with Gasteiger partial charge in [-0.1, -0.05) is 12.1 Å². The summed E-state index contributed by atoms with van der Waals surface area (Å²) in [6, 6.07) is 11.2. The predicted molar refractivity (Wildman–Crippen MR) is 99.1 cm³/mol. The average Bonchev–Trinajstić information content (AvgIpc) is 3.37. The summed E-state index contributed by atoms with van der Waals surface area (Å²) in [6.45, 7) is 0.0385. The maximum atomic E-state index is 12.5.